The van der Waals surface area contributed by atoms with Gasteiger partial charge in [-0.15, -0.1) is 0 Å². The Balaban J connectivity index is 1.81. The Morgan fingerprint density at radius 2 is 1.54 bits per heavy atom. The molecule has 0 aliphatic rings. The summed E-state index contributed by atoms with van der Waals surface area (Å²) in [6.07, 6.45) is 0. The summed E-state index contributed by atoms with van der Waals surface area (Å²) < 4.78 is 0. The fourth-order valence-corrected chi connectivity index (χ4v) is 2.74. The largest absolute Gasteiger partial charge is 0.325 e. The highest BCUT2D eigenvalue weighted by Gasteiger charge is 2.18. The summed E-state index contributed by atoms with van der Waals surface area (Å²) in [6.45, 7) is 1.78. The van der Waals surface area contributed by atoms with Crippen LogP contribution in [0.3, 0.4) is 0 Å². The van der Waals surface area contributed by atoms with Gasteiger partial charge in [0.2, 0.25) is 5.91 Å². The number of carbonyl (C=O) groups excluding carboxylic acids is 1. The predicted molar refractivity (Wildman–Crippen MR) is 102 cm³/mol. The number of amides is 1. The molecule has 5 heteroatoms. The SMILES string of the molecule is C[C@H](C(=O)Nc1ccccc1-c1ccccc1)c1ccc([N+](=O)[O-])cc1. The number of nitrogens with one attached hydrogen (secondary N) is 1. The van der Waals surface area contributed by atoms with Crippen LogP contribution in [0.4, 0.5) is 11.4 Å². The lowest BCUT2D eigenvalue weighted by molar-refractivity contribution is -0.384. The molecule has 1 N–H and O–H groups in total. The van der Waals surface area contributed by atoms with Crippen molar-refractivity contribution in [1.29, 1.82) is 0 Å². The van der Waals surface area contributed by atoms with Crippen molar-refractivity contribution >= 4 is 17.3 Å². The van der Waals surface area contributed by atoms with Crippen molar-refractivity contribution in [2.45, 2.75) is 12.8 Å². The number of rotatable bonds is 5. The van der Waals surface area contributed by atoms with Gasteiger partial charge in [-0.05, 0) is 24.1 Å². The van der Waals surface area contributed by atoms with Crippen molar-refractivity contribution < 1.29 is 9.72 Å². The molecule has 3 rings (SSSR count). The van der Waals surface area contributed by atoms with E-state index in [0.717, 1.165) is 22.4 Å². The average Bonchev–Trinajstić information content (AvgIpc) is 2.68. The molecule has 0 saturated heterocycles. The summed E-state index contributed by atoms with van der Waals surface area (Å²) in [5.41, 5.74) is 3.43. The number of carbonyl (C=O) groups is 1. The first-order chi connectivity index (χ1) is 12.6. The first-order valence-electron chi connectivity index (χ1n) is 8.26. The van der Waals surface area contributed by atoms with Gasteiger partial charge in [0.25, 0.3) is 5.69 Å². The summed E-state index contributed by atoms with van der Waals surface area (Å²) in [5.74, 6) is -0.595. The van der Waals surface area contributed by atoms with E-state index in [9.17, 15) is 14.9 Å². The first kappa shape index (κ1) is 17.4. The molecule has 0 radical (unpaired) electrons. The lowest BCUT2D eigenvalue weighted by Crippen LogP contribution is -2.19. The minimum atomic E-state index is -0.454. The van der Waals surface area contributed by atoms with E-state index in [1.54, 1.807) is 19.1 Å². The Bertz CT molecular complexity index is 922. The normalized spacial score (nSPS) is 11.6. The van der Waals surface area contributed by atoms with Crippen molar-refractivity contribution in [2.75, 3.05) is 5.32 Å². The molecule has 0 aromatic heterocycles. The average molecular weight is 346 g/mol. The van der Waals surface area contributed by atoms with E-state index in [4.69, 9.17) is 0 Å². The van der Waals surface area contributed by atoms with Gasteiger partial charge in [0, 0.05) is 23.4 Å². The maximum atomic E-state index is 12.7. The van der Waals surface area contributed by atoms with Crippen LogP contribution < -0.4 is 5.32 Å². The Labute approximate surface area is 151 Å². The van der Waals surface area contributed by atoms with E-state index in [0.29, 0.717) is 0 Å². The summed E-state index contributed by atoms with van der Waals surface area (Å²) in [7, 11) is 0. The highest BCUT2D eigenvalue weighted by atomic mass is 16.6. The minimum absolute atomic E-state index is 0.00998. The molecular formula is C21H18N2O3. The van der Waals surface area contributed by atoms with Gasteiger partial charge in [-0.3, -0.25) is 14.9 Å². The first-order valence-corrected chi connectivity index (χ1v) is 8.26. The zero-order valence-electron chi connectivity index (χ0n) is 14.3. The van der Waals surface area contributed by atoms with E-state index in [1.165, 1.54) is 12.1 Å². The standard InChI is InChI=1S/C21H18N2O3/c1-15(16-11-13-18(14-12-16)23(25)26)21(24)22-20-10-6-5-9-19(20)17-7-3-2-4-8-17/h2-15H,1H3,(H,22,24)/t15-/m0/s1. The molecule has 3 aromatic carbocycles. The molecule has 3 aromatic rings. The minimum Gasteiger partial charge on any atom is -0.325 e. The molecule has 0 heterocycles. The number of benzene rings is 3. The molecule has 26 heavy (non-hydrogen) atoms. The predicted octanol–water partition coefficient (Wildman–Crippen LogP) is 5.00. The van der Waals surface area contributed by atoms with E-state index < -0.39 is 10.8 Å². The zero-order chi connectivity index (χ0) is 18.5. The maximum Gasteiger partial charge on any atom is 0.269 e. The van der Waals surface area contributed by atoms with Crippen LogP contribution in [0.1, 0.15) is 18.4 Å². The van der Waals surface area contributed by atoms with E-state index in [2.05, 4.69) is 5.32 Å². The molecule has 0 spiro atoms. The van der Waals surface area contributed by atoms with Crippen molar-refractivity contribution in [2.24, 2.45) is 0 Å². The second kappa shape index (κ2) is 7.61. The van der Waals surface area contributed by atoms with Crippen LogP contribution in [-0.4, -0.2) is 10.8 Å². The van der Waals surface area contributed by atoms with Gasteiger partial charge < -0.3 is 5.32 Å². The van der Waals surface area contributed by atoms with Gasteiger partial charge in [-0.2, -0.15) is 0 Å². The molecule has 1 atom stereocenters. The molecule has 0 aliphatic carbocycles. The second-order valence-electron chi connectivity index (χ2n) is 5.97. The number of hydrogen-bond donors (Lipinski definition) is 1. The van der Waals surface area contributed by atoms with E-state index in [1.807, 2.05) is 54.6 Å². The van der Waals surface area contributed by atoms with Crippen molar-refractivity contribution in [3.63, 3.8) is 0 Å². The van der Waals surface area contributed by atoms with Crippen LogP contribution in [0.25, 0.3) is 11.1 Å². The molecule has 5 nitrogen and oxygen atoms in total. The van der Waals surface area contributed by atoms with Gasteiger partial charge >= 0.3 is 0 Å². The summed E-state index contributed by atoms with van der Waals surface area (Å²) in [5, 5.41) is 13.7. The van der Waals surface area contributed by atoms with Crippen LogP contribution in [0.2, 0.25) is 0 Å². The van der Waals surface area contributed by atoms with Gasteiger partial charge in [-0.1, -0.05) is 60.7 Å². The molecule has 0 saturated carbocycles. The number of anilines is 1. The Morgan fingerprint density at radius 1 is 0.923 bits per heavy atom. The lowest BCUT2D eigenvalue weighted by atomic mass is 9.99. The third-order valence-corrected chi connectivity index (χ3v) is 4.27. The maximum absolute atomic E-state index is 12.7. The number of nitrogens with zero attached hydrogens (tertiary/aromatic N) is 1. The molecule has 130 valence electrons. The molecular weight excluding hydrogens is 328 g/mol. The van der Waals surface area contributed by atoms with Gasteiger partial charge in [-0.25, -0.2) is 0 Å². The van der Waals surface area contributed by atoms with E-state index in [-0.39, 0.29) is 11.6 Å². The summed E-state index contributed by atoms with van der Waals surface area (Å²) in [4.78, 5) is 23.0. The highest BCUT2D eigenvalue weighted by Crippen LogP contribution is 2.29. The molecule has 0 unspecified atom stereocenters. The smallest absolute Gasteiger partial charge is 0.269 e. The number of para-hydroxylation sites is 1. The number of non-ortho nitro benzene ring substituents is 1. The molecule has 0 fully saturated rings. The zero-order valence-corrected chi connectivity index (χ0v) is 14.3. The van der Waals surface area contributed by atoms with Crippen LogP contribution in [0.5, 0.6) is 0 Å². The third kappa shape index (κ3) is 3.78. The summed E-state index contributed by atoms with van der Waals surface area (Å²) >= 11 is 0. The highest BCUT2D eigenvalue weighted by molar-refractivity contribution is 5.99. The van der Waals surface area contributed by atoms with Gasteiger partial charge in [0.1, 0.15) is 0 Å². The molecule has 0 aliphatic heterocycles. The topological polar surface area (TPSA) is 72.2 Å². The lowest BCUT2D eigenvalue weighted by Gasteiger charge is -2.15. The number of hydrogen-bond acceptors (Lipinski definition) is 3. The van der Waals surface area contributed by atoms with E-state index >= 15 is 0 Å². The Hall–Kier alpha value is -3.47. The van der Waals surface area contributed by atoms with Crippen molar-refractivity contribution in [1.82, 2.24) is 0 Å². The number of nitro benzene ring substituents is 1. The molecule has 1 amide bonds. The fourth-order valence-electron chi connectivity index (χ4n) is 2.74. The Kier molecular flexibility index (Phi) is 5.08. The van der Waals surface area contributed by atoms with Crippen molar-refractivity contribution in [3.8, 4) is 11.1 Å². The Morgan fingerprint density at radius 3 is 2.19 bits per heavy atom. The number of nitro groups is 1. The van der Waals surface area contributed by atoms with Crippen LogP contribution in [0, 0.1) is 10.1 Å². The second-order valence-corrected chi connectivity index (χ2v) is 5.97. The summed E-state index contributed by atoms with van der Waals surface area (Å²) in [6, 6.07) is 23.5. The van der Waals surface area contributed by atoms with Crippen molar-refractivity contribution in [3.05, 3.63) is 94.5 Å². The van der Waals surface area contributed by atoms with Crippen LogP contribution in [0.15, 0.2) is 78.9 Å². The third-order valence-electron chi connectivity index (χ3n) is 4.27. The van der Waals surface area contributed by atoms with Gasteiger partial charge in [0.05, 0.1) is 10.8 Å². The van der Waals surface area contributed by atoms with Gasteiger partial charge in [0.15, 0.2) is 0 Å². The molecule has 0 bridgehead atoms. The fraction of sp³-hybridized carbons (Fsp3) is 0.0952. The van der Waals surface area contributed by atoms with Crippen LogP contribution >= 0.6 is 0 Å². The monoisotopic (exact) mass is 346 g/mol. The quantitative estimate of drug-likeness (QED) is 0.522. The van der Waals surface area contributed by atoms with Crippen LogP contribution in [-0.2, 0) is 4.79 Å².